The molecule has 0 N–H and O–H groups in total. The van der Waals surface area contributed by atoms with Gasteiger partial charge >= 0.3 is 0 Å². The number of rotatable bonds is 3. The molecule has 102 valence electrons. The van der Waals surface area contributed by atoms with Gasteiger partial charge in [-0.2, -0.15) is 0 Å². The van der Waals surface area contributed by atoms with E-state index in [9.17, 15) is 0 Å². The van der Waals surface area contributed by atoms with Crippen LogP contribution in [0.2, 0.25) is 0 Å². The van der Waals surface area contributed by atoms with E-state index in [0.29, 0.717) is 5.92 Å². The first-order valence-electron chi connectivity index (χ1n) is 7.03. The summed E-state index contributed by atoms with van der Waals surface area (Å²) in [6.45, 7) is 6.87. The molecule has 0 fully saturated rings. The largest absolute Gasteiger partial charge is 0.229 e. The highest BCUT2D eigenvalue weighted by Gasteiger charge is 2.23. The van der Waals surface area contributed by atoms with E-state index in [-0.39, 0.29) is 0 Å². The van der Waals surface area contributed by atoms with Crippen molar-refractivity contribution in [2.45, 2.75) is 45.1 Å². The fraction of sp³-hybridized carbons (Fsp3) is 0.600. The number of fused-ring (bicyclic) bond motifs is 3. The molecule has 2 aromatic heterocycles. The van der Waals surface area contributed by atoms with Gasteiger partial charge in [0.15, 0.2) is 0 Å². The Bertz CT molecular complexity index is 589. The van der Waals surface area contributed by atoms with Crippen molar-refractivity contribution >= 4 is 33.3 Å². The van der Waals surface area contributed by atoms with Crippen molar-refractivity contribution in [2.75, 3.05) is 5.75 Å². The zero-order valence-corrected chi connectivity index (χ0v) is 13.4. The van der Waals surface area contributed by atoms with E-state index in [1.54, 1.807) is 16.8 Å². The second-order valence-corrected chi connectivity index (χ2v) is 8.01. The molecule has 2 nitrogen and oxygen atoms in total. The van der Waals surface area contributed by atoms with Crippen LogP contribution in [0.1, 0.15) is 37.6 Å². The number of aryl methyl sites for hydroxylation is 1. The molecule has 0 saturated carbocycles. The van der Waals surface area contributed by atoms with E-state index in [1.807, 2.05) is 23.1 Å². The van der Waals surface area contributed by atoms with E-state index in [2.05, 4.69) is 30.7 Å². The van der Waals surface area contributed by atoms with Crippen molar-refractivity contribution in [3.63, 3.8) is 0 Å². The highest BCUT2D eigenvalue weighted by atomic mass is 32.2. The van der Waals surface area contributed by atoms with E-state index in [4.69, 9.17) is 0 Å². The van der Waals surface area contributed by atoms with Gasteiger partial charge in [-0.15, -0.1) is 23.1 Å². The predicted molar refractivity (Wildman–Crippen MR) is 84.2 cm³/mol. The minimum atomic E-state index is 0.699. The lowest BCUT2D eigenvalue weighted by Crippen LogP contribution is -2.08. The highest BCUT2D eigenvalue weighted by Crippen LogP contribution is 2.40. The Morgan fingerprint density at radius 1 is 1.42 bits per heavy atom. The summed E-state index contributed by atoms with van der Waals surface area (Å²) < 4.78 is 0. The molecule has 19 heavy (non-hydrogen) atoms. The van der Waals surface area contributed by atoms with Gasteiger partial charge in [-0.3, -0.25) is 0 Å². The van der Waals surface area contributed by atoms with Crippen molar-refractivity contribution in [2.24, 2.45) is 11.8 Å². The van der Waals surface area contributed by atoms with Crippen LogP contribution >= 0.6 is 23.1 Å². The summed E-state index contributed by atoms with van der Waals surface area (Å²) in [4.78, 5) is 11.8. The first kappa shape index (κ1) is 13.4. The van der Waals surface area contributed by atoms with Crippen LogP contribution < -0.4 is 0 Å². The van der Waals surface area contributed by atoms with E-state index in [1.165, 1.54) is 34.5 Å². The molecule has 1 aliphatic rings. The van der Waals surface area contributed by atoms with Gasteiger partial charge in [0.1, 0.15) is 16.2 Å². The molecule has 0 aliphatic heterocycles. The molecule has 0 saturated heterocycles. The van der Waals surface area contributed by atoms with Gasteiger partial charge in [-0.25, -0.2) is 9.97 Å². The molecule has 1 aliphatic carbocycles. The molecule has 1 unspecified atom stereocenters. The van der Waals surface area contributed by atoms with Crippen molar-refractivity contribution in [3.05, 3.63) is 16.8 Å². The Morgan fingerprint density at radius 3 is 3.05 bits per heavy atom. The topological polar surface area (TPSA) is 25.8 Å². The normalized spacial score (nSPS) is 19.1. The maximum Gasteiger partial charge on any atom is 0.128 e. The van der Waals surface area contributed by atoms with Crippen molar-refractivity contribution < 1.29 is 0 Å². The van der Waals surface area contributed by atoms with Gasteiger partial charge in [0.05, 0.1) is 0 Å². The summed E-state index contributed by atoms with van der Waals surface area (Å²) in [5.41, 5.74) is 1.55. The van der Waals surface area contributed by atoms with E-state index < -0.39 is 0 Å². The molecule has 3 rings (SSSR count). The Balaban J connectivity index is 2.03. The van der Waals surface area contributed by atoms with Gasteiger partial charge in [0, 0.05) is 16.0 Å². The SMILES string of the molecule is CC(C)CSc1ncnc2sc3c(c12)CCC(C)C3. The fourth-order valence-corrected chi connectivity index (χ4v) is 4.99. The van der Waals surface area contributed by atoms with Crippen LogP contribution in [-0.2, 0) is 12.8 Å². The number of nitrogens with zero attached hydrogens (tertiary/aromatic N) is 2. The number of hydrogen-bond donors (Lipinski definition) is 0. The molecule has 0 aromatic carbocycles. The number of aromatic nitrogens is 2. The van der Waals surface area contributed by atoms with Crippen molar-refractivity contribution in [1.29, 1.82) is 0 Å². The summed E-state index contributed by atoms with van der Waals surface area (Å²) in [6, 6.07) is 0. The highest BCUT2D eigenvalue weighted by molar-refractivity contribution is 7.99. The monoisotopic (exact) mass is 292 g/mol. The summed E-state index contributed by atoms with van der Waals surface area (Å²) in [6.07, 6.45) is 5.47. The standard InChI is InChI=1S/C15H20N2S2/c1-9(2)7-18-14-13-11-5-4-10(3)6-12(11)19-15(13)17-8-16-14/h8-10H,4-7H2,1-3H3. The maximum atomic E-state index is 4.54. The van der Waals surface area contributed by atoms with Gasteiger partial charge in [0.2, 0.25) is 0 Å². The van der Waals surface area contributed by atoms with Crippen LogP contribution in [0.3, 0.4) is 0 Å². The number of thioether (sulfide) groups is 1. The molecule has 0 radical (unpaired) electrons. The minimum absolute atomic E-state index is 0.699. The zero-order chi connectivity index (χ0) is 13.4. The molecule has 0 amide bonds. The number of hydrogen-bond acceptors (Lipinski definition) is 4. The van der Waals surface area contributed by atoms with Crippen LogP contribution in [-0.4, -0.2) is 15.7 Å². The van der Waals surface area contributed by atoms with Crippen LogP contribution in [0.15, 0.2) is 11.4 Å². The smallest absolute Gasteiger partial charge is 0.128 e. The first-order valence-corrected chi connectivity index (χ1v) is 8.83. The molecular formula is C15H20N2S2. The van der Waals surface area contributed by atoms with Crippen LogP contribution in [0.5, 0.6) is 0 Å². The third kappa shape index (κ3) is 2.65. The second-order valence-electron chi connectivity index (χ2n) is 5.92. The molecule has 4 heteroatoms. The molecule has 2 aromatic rings. The average molecular weight is 292 g/mol. The number of thiophene rings is 1. The van der Waals surface area contributed by atoms with Gasteiger partial charge < -0.3 is 0 Å². The van der Waals surface area contributed by atoms with Crippen LogP contribution in [0, 0.1) is 11.8 Å². The molecule has 1 atom stereocenters. The Morgan fingerprint density at radius 2 is 2.26 bits per heavy atom. The average Bonchev–Trinajstić information content (AvgIpc) is 2.73. The summed E-state index contributed by atoms with van der Waals surface area (Å²) in [5.74, 6) is 2.65. The first-order chi connectivity index (χ1) is 9.15. The Labute approximate surface area is 123 Å². The summed E-state index contributed by atoms with van der Waals surface area (Å²) in [7, 11) is 0. The second kappa shape index (κ2) is 5.41. The third-order valence-electron chi connectivity index (χ3n) is 3.61. The summed E-state index contributed by atoms with van der Waals surface area (Å²) >= 11 is 3.78. The van der Waals surface area contributed by atoms with Crippen molar-refractivity contribution in [3.8, 4) is 0 Å². The molecular weight excluding hydrogens is 272 g/mol. The fourth-order valence-electron chi connectivity index (χ4n) is 2.60. The lowest BCUT2D eigenvalue weighted by atomic mass is 9.89. The van der Waals surface area contributed by atoms with E-state index in [0.717, 1.165) is 11.7 Å². The predicted octanol–water partition coefficient (Wildman–Crippen LogP) is 4.56. The molecule has 2 heterocycles. The minimum Gasteiger partial charge on any atom is -0.229 e. The summed E-state index contributed by atoms with van der Waals surface area (Å²) in [5, 5.41) is 2.56. The van der Waals surface area contributed by atoms with Crippen LogP contribution in [0.25, 0.3) is 10.2 Å². The van der Waals surface area contributed by atoms with Gasteiger partial charge in [-0.05, 0) is 36.7 Å². The lowest BCUT2D eigenvalue weighted by Gasteiger charge is -2.18. The van der Waals surface area contributed by atoms with Crippen molar-refractivity contribution in [1.82, 2.24) is 9.97 Å². The zero-order valence-electron chi connectivity index (χ0n) is 11.8. The molecule has 0 spiro atoms. The Kier molecular flexibility index (Phi) is 3.81. The Hall–Kier alpha value is -0.610. The molecule has 0 bridgehead atoms. The third-order valence-corrected chi connectivity index (χ3v) is 6.19. The lowest BCUT2D eigenvalue weighted by molar-refractivity contribution is 0.509. The maximum absolute atomic E-state index is 4.54. The van der Waals surface area contributed by atoms with Crippen LogP contribution in [0.4, 0.5) is 0 Å². The van der Waals surface area contributed by atoms with Gasteiger partial charge in [-0.1, -0.05) is 20.8 Å². The quantitative estimate of drug-likeness (QED) is 0.612. The van der Waals surface area contributed by atoms with E-state index >= 15 is 0 Å². The van der Waals surface area contributed by atoms with Gasteiger partial charge in [0.25, 0.3) is 0 Å².